The van der Waals surface area contributed by atoms with Crippen LogP contribution in [0.15, 0.2) is 28.2 Å². The van der Waals surface area contributed by atoms with Crippen LogP contribution in [0.4, 0.5) is 5.69 Å². The number of aromatic nitrogens is 3. The third-order valence-corrected chi connectivity index (χ3v) is 4.43. The fourth-order valence-corrected chi connectivity index (χ4v) is 2.95. The van der Waals surface area contributed by atoms with Gasteiger partial charge in [-0.15, -0.1) is 10.2 Å². The molecule has 22 heavy (non-hydrogen) atoms. The van der Waals surface area contributed by atoms with E-state index in [4.69, 9.17) is 5.84 Å². The molecule has 0 aliphatic heterocycles. The molecule has 0 saturated heterocycles. The normalized spacial score (nSPS) is 10.5. The van der Waals surface area contributed by atoms with Gasteiger partial charge in [0.25, 0.3) is 5.56 Å². The number of nitrogens with one attached hydrogen (secondary N) is 1. The molecule has 7 nitrogen and oxygen atoms in total. The van der Waals surface area contributed by atoms with Gasteiger partial charge >= 0.3 is 0 Å². The Hall–Kier alpha value is -1.62. The number of nitrogen functional groups attached to an aromatic ring is 1. The number of aryl methyl sites for hydroxylation is 2. The summed E-state index contributed by atoms with van der Waals surface area (Å²) >= 11 is 3.27. The average Bonchev–Trinajstić information content (AvgIpc) is 2.47. The van der Waals surface area contributed by atoms with E-state index in [0.29, 0.717) is 0 Å². The standard InChI is InChI=1S/C13H14IN5O2S/c1-7-5-9(14)3-4-10(7)16-11(20)6-22-13-18-17-8(2)12(21)19(13)15/h3-5H,6,15H2,1-2H3,(H,16,20). The minimum Gasteiger partial charge on any atom is -0.334 e. The van der Waals surface area contributed by atoms with Crippen LogP contribution in [0.3, 0.4) is 0 Å². The monoisotopic (exact) mass is 431 g/mol. The van der Waals surface area contributed by atoms with Crippen LogP contribution in [-0.4, -0.2) is 26.5 Å². The zero-order valence-electron chi connectivity index (χ0n) is 12.0. The molecular formula is C13H14IN5O2S. The van der Waals surface area contributed by atoms with Crippen LogP contribution >= 0.6 is 34.4 Å². The van der Waals surface area contributed by atoms with E-state index >= 15 is 0 Å². The molecule has 2 aromatic rings. The number of hydrogen-bond acceptors (Lipinski definition) is 6. The summed E-state index contributed by atoms with van der Waals surface area (Å²) < 4.78 is 2.00. The molecule has 3 N–H and O–H groups in total. The Morgan fingerprint density at radius 3 is 2.82 bits per heavy atom. The molecule has 116 valence electrons. The average molecular weight is 431 g/mol. The summed E-state index contributed by atoms with van der Waals surface area (Å²) in [5.74, 6) is 5.49. The van der Waals surface area contributed by atoms with Crippen LogP contribution in [0.2, 0.25) is 0 Å². The van der Waals surface area contributed by atoms with Gasteiger partial charge in [0.2, 0.25) is 11.1 Å². The van der Waals surface area contributed by atoms with E-state index in [9.17, 15) is 9.59 Å². The number of rotatable bonds is 4. The lowest BCUT2D eigenvalue weighted by atomic mass is 10.2. The highest BCUT2D eigenvalue weighted by Gasteiger charge is 2.11. The molecule has 9 heteroatoms. The molecule has 0 radical (unpaired) electrons. The van der Waals surface area contributed by atoms with Crippen LogP contribution in [0, 0.1) is 17.4 Å². The van der Waals surface area contributed by atoms with E-state index in [-0.39, 0.29) is 22.5 Å². The largest absolute Gasteiger partial charge is 0.334 e. The highest BCUT2D eigenvalue weighted by Crippen LogP contribution is 2.18. The third kappa shape index (κ3) is 3.97. The Balaban J connectivity index is 2.01. The van der Waals surface area contributed by atoms with E-state index in [2.05, 4.69) is 38.1 Å². The predicted molar refractivity (Wildman–Crippen MR) is 94.4 cm³/mol. The van der Waals surface area contributed by atoms with Crippen LogP contribution in [0.25, 0.3) is 0 Å². The van der Waals surface area contributed by atoms with Crippen LogP contribution in [0.1, 0.15) is 11.3 Å². The molecule has 2 rings (SSSR count). The zero-order chi connectivity index (χ0) is 16.3. The van der Waals surface area contributed by atoms with Gasteiger partial charge in [-0.05, 0) is 60.2 Å². The Labute approximate surface area is 144 Å². The Kier molecular flexibility index (Phi) is 5.40. The first-order chi connectivity index (χ1) is 10.4. The number of benzene rings is 1. The molecule has 0 aliphatic carbocycles. The lowest BCUT2D eigenvalue weighted by Gasteiger charge is -2.09. The summed E-state index contributed by atoms with van der Waals surface area (Å²) in [7, 11) is 0. The molecule has 0 aliphatic rings. The Bertz CT molecular complexity index is 778. The molecule has 1 aromatic carbocycles. The van der Waals surface area contributed by atoms with Crippen molar-refractivity contribution in [3.63, 3.8) is 0 Å². The fraction of sp³-hybridized carbons (Fsp3) is 0.231. The van der Waals surface area contributed by atoms with Crippen molar-refractivity contribution in [2.24, 2.45) is 0 Å². The number of thioether (sulfide) groups is 1. The van der Waals surface area contributed by atoms with Crippen molar-refractivity contribution in [2.45, 2.75) is 19.0 Å². The first-order valence-corrected chi connectivity index (χ1v) is 8.35. The van der Waals surface area contributed by atoms with Crippen molar-refractivity contribution in [1.29, 1.82) is 0 Å². The van der Waals surface area contributed by atoms with E-state index in [1.807, 2.05) is 25.1 Å². The molecule has 0 bridgehead atoms. The number of carbonyl (C=O) groups excluding carboxylic acids is 1. The van der Waals surface area contributed by atoms with Gasteiger partial charge in [0.15, 0.2) is 0 Å². The van der Waals surface area contributed by atoms with Gasteiger partial charge in [-0.1, -0.05) is 11.8 Å². The van der Waals surface area contributed by atoms with E-state index in [1.54, 1.807) is 0 Å². The molecule has 0 unspecified atom stereocenters. The number of nitrogens with two attached hydrogens (primary N) is 1. The number of nitrogens with zero attached hydrogens (tertiary/aromatic N) is 3. The van der Waals surface area contributed by atoms with Gasteiger partial charge in [0.05, 0.1) is 5.75 Å². The van der Waals surface area contributed by atoms with Crippen molar-refractivity contribution >= 4 is 45.9 Å². The fourth-order valence-electron chi connectivity index (χ4n) is 1.65. The molecule has 1 amide bonds. The van der Waals surface area contributed by atoms with Gasteiger partial charge in [-0.2, -0.15) is 4.68 Å². The number of hydrogen-bond donors (Lipinski definition) is 2. The second-order valence-corrected chi connectivity index (χ2v) is 6.73. The van der Waals surface area contributed by atoms with Gasteiger partial charge < -0.3 is 11.2 Å². The maximum absolute atomic E-state index is 12.0. The summed E-state index contributed by atoms with van der Waals surface area (Å²) in [4.78, 5) is 23.6. The topological polar surface area (TPSA) is 103 Å². The van der Waals surface area contributed by atoms with E-state index < -0.39 is 5.56 Å². The molecule has 1 heterocycles. The zero-order valence-corrected chi connectivity index (χ0v) is 14.9. The minimum atomic E-state index is -0.425. The maximum Gasteiger partial charge on any atom is 0.294 e. The van der Waals surface area contributed by atoms with Crippen LogP contribution < -0.4 is 16.7 Å². The molecular weight excluding hydrogens is 417 g/mol. The number of carbonyl (C=O) groups is 1. The summed E-state index contributed by atoms with van der Waals surface area (Å²) in [6.07, 6.45) is 0. The SMILES string of the molecule is Cc1cc(I)ccc1NC(=O)CSc1nnc(C)c(=O)n1N. The lowest BCUT2D eigenvalue weighted by molar-refractivity contribution is -0.113. The summed E-state index contributed by atoms with van der Waals surface area (Å²) in [5.41, 5.74) is 1.53. The van der Waals surface area contributed by atoms with Crippen LogP contribution in [0.5, 0.6) is 0 Å². The number of anilines is 1. The first-order valence-electron chi connectivity index (χ1n) is 6.28. The molecule has 0 saturated carbocycles. The van der Waals surface area contributed by atoms with Gasteiger partial charge in [0, 0.05) is 9.26 Å². The summed E-state index contributed by atoms with van der Waals surface area (Å²) in [6, 6.07) is 5.75. The van der Waals surface area contributed by atoms with E-state index in [0.717, 1.165) is 31.3 Å². The van der Waals surface area contributed by atoms with Crippen molar-refractivity contribution in [1.82, 2.24) is 14.9 Å². The highest BCUT2D eigenvalue weighted by atomic mass is 127. The highest BCUT2D eigenvalue weighted by molar-refractivity contribution is 14.1. The Morgan fingerprint density at radius 2 is 2.14 bits per heavy atom. The minimum absolute atomic E-state index is 0.0831. The van der Waals surface area contributed by atoms with Crippen molar-refractivity contribution in [3.8, 4) is 0 Å². The Morgan fingerprint density at radius 1 is 1.41 bits per heavy atom. The van der Waals surface area contributed by atoms with E-state index in [1.165, 1.54) is 6.92 Å². The second kappa shape index (κ2) is 7.09. The molecule has 0 spiro atoms. The molecule has 0 fully saturated rings. The first kappa shape index (κ1) is 16.7. The third-order valence-electron chi connectivity index (χ3n) is 2.81. The van der Waals surface area contributed by atoms with Crippen molar-refractivity contribution in [2.75, 3.05) is 16.9 Å². The molecule has 0 atom stereocenters. The quantitative estimate of drug-likeness (QED) is 0.430. The lowest BCUT2D eigenvalue weighted by Crippen LogP contribution is -2.32. The van der Waals surface area contributed by atoms with Gasteiger partial charge in [-0.25, -0.2) is 0 Å². The number of amides is 1. The van der Waals surface area contributed by atoms with Gasteiger partial charge in [-0.3, -0.25) is 9.59 Å². The van der Waals surface area contributed by atoms with Crippen LogP contribution in [-0.2, 0) is 4.79 Å². The summed E-state index contributed by atoms with van der Waals surface area (Å²) in [5, 5.41) is 10.5. The predicted octanol–water partition coefficient (Wildman–Crippen LogP) is 1.30. The second-order valence-electron chi connectivity index (χ2n) is 4.54. The smallest absolute Gasteiger partial charge is 0.294 e. The van der Waals surface area contributed by atoms with Gasteiger partial charge in [0.1, 0.15) is 5.69 Å². The summed E-state index contributed by atoms with van der Waals surface area (Å²) in [6.45, 7) is 3.45. The number of halogens is 1. The van der Waals surface area contributed by atoms with Crippen molar-refractivity contribution < 1.29 is 4.79 Å². The molecule has 1 aromatic heterocycles. The van der Waals surface area contributed by atoms with Crippen molar-refractivity contribution in [3.05, 3.63) is 43.4 Å². The maximum atomic E-state index is 12.0.